The first-order valence-corrected chi connectivity index (χ1v) is 11.0. The molecular weight excluding hydrogens is 402 g/mol. The molecule has 0 spiro atoms. The van der Waals surface area contributed by atoms with Crippen LogP contribution in [0.5, 0.6) is 5.75 Å². The number of aromatic nitrogens is 2. The zero-order valence-electron chi connectivity index (χ0n) is 19.0. The molecule has 7 heteroatoms. The Labute approximate surface area is 190 Å². The summed E-state index contributed by atoms with van der Waals surface area (Å²) in [5.74, 6) is 3.05. The van der Waals surface area contributed by atoms with Crippen molar-refractivity contribution in [3.8, 4) is 5.75 Å². The molecule has 4 rings (SSSR count). The van der Waals surface area contributed by atoms with Gasteiger partial charge in [-0.05, 0) is 30.5 Å². The number of hydrogen-bond acceptors (Lipinski definition) is 7. The van der Waals surface area contributed by atoms with Crippen LogP contribution in [0.15, 0.2) is 60.7 Å². The lowest BCUT2D eigenvalue weighted by molar-refractivity contribution is 0.116. The lowest BCUT2D eigenvalue weighted by atomic mass is 10.2. The summed E-state index contributed by atoms with van der Waals surface area (Å²) in [6, 6.07) is 20.0. The van der Waals surface area contributed by atoms with E-state index in [-0.39, 0.29) is 6.10 Å². The van der Waals surface area contributed by atoms with Gasteiger partial charge in [-0.25, -0.2) is 0 Å². The second-order valence-corrected chi connectivity index (χ2v) is 8.25. The summed E-state index contributed by atoms with van der Waals surface area (Å²) >= 11 is 0. The highest BCUT2D eigenvalue weighted by Crippen LogP contribution is 2.25. The van der Waals surface area contributed by atoms with Gasteiger partial charge in [0.15, 0.2) is 0 Å². The summed E-state index contributed by atoms with van der Waals surface area (Å²) in [5.41, 5.74) is 2.04. The molecule has 32 heavy (non-hydrogen) atoms. The van der Waals surface area contributed by atoms with E-state index in [1.807, 2.05) is 74.6 Å². The second-order valence-electron chi connectivity index (χ2n) is 8.25. The molecule has 1 saturated heterocycles. The van der Waals surface area contributed by atoms with E-state index < -0.39 is 0 Å². The lowest BCUT2D eigenvalue weighted by Gasteiger charge is -2.23. The predicted octanol–water partition coefficient (Wildman–Crippen LogP) is 4.48. The van der Waals surface area contributed by atoms with Crippen LogP contribution in [0.3, 0.4) is 0 Å². The molecule has 0 saturated carbocycles. The molecular formula is C25H31N5O2. The average molecular weight is 434 g/mol. The van der Waals surface area contributed by atoms with Gasteiger partial charge < -0.3 is 24.6 Å². The molecule has 1 aliphatic rings. The van der Waals surface area contributed by atoms with Crippen LogP contribution in [0.25, 0.3) is 0 Å². The molecule has 0 radical (unpaired) electrons. The maximum atomic E-state index is 5.97. The first-order chi connectivity index (χ1) is 15.6. The van der Waals surface area contributed by atoms with E-state index in [0.717, 1.165) is 54.6 Å². The molecule has 1 N–H and O–H groups in total. The fourth-order valence-electron chi connectivity index (χ4n) is 3.61. The summed E-state index contributed by atoms with van der Waals surface area (Å²) in [6.07, 6.45) is 2.44. The third-order valence-electron chi connectivity index (χ3n) is 5.36. The number of nitrogens with one attached hydrogen (secondary N) is 1. The van der Waals surface area contributed by atoms with Crippen molar-refractivity contribution < 1.29 is 9.47 Å². The Kier molecular flexibility index (Phi) is 7.07. The number of ether oxygens (including phenoxy) is 2. The largest absolute Gasteiger partial charge is 0.489 e. The molecule has 7 nitrogen and oxygen atoms in total. The van der Waals surface area contributed by atoms with Gasteiger partial charge in [-0.1, -0.05) is 36.4 Å². The minimum atomic E-state index is 0.237. The Balaban J connectivity index is 1.48. The van der Waals surface area contributed by atoms with E-state index in [0.29, 0.717) is 12.6 Å². The molecule has 1 aromatic heterocycles. The zero-order chi connectivity index (χ0) is 22.3. The molecule has 1 fully saturated rings. The quantitative estimate of drug-likeness (QED) is 0.534. The van der Waals surface area contributed by atoms with Crippen molar-refractivity contribution in [2.75, 3.05) is 49.4 Å². The topological polar surface area (TPSA) is 62.8 Å². The highest BCUT2D eigenvalue weighted by atomic mass is 16.5. The first-order valence-electron chi connectivity index (χ1n) is 11.0. The molecule has 0 amide bonds. The number of anilines is 4. The second kappa shape index (κ2) is 10.3. The Morgan fingerprint density at radius 2 is 1.88 bits per heavy atom. The van der Waals surface area contributed by atoms with E-state index in [2.05, 4.69) is 22.3 Å². The van der Waals surface area contributed by atoms with Gasteiger partial charge in [0.05, 0.1) is 6.10 Å². The Hall–Kier alpha value is -3.32. The third-order valence-corrected chi connectivity index (χ3v) is 5.36. The van der Waals surface area contributed by atoms with Crippen molar-refractivity contribution in [1.29, 1.82) is 0 Å². The van der Waals surface area contributed by atoms with Gasteiger partial charge in [-0.15, -0.1) is 0 Å². The van der Waals surface area contributed by atoms with Crippen LogP contribution in [0.4, 0.5) is 23.3 Å². The fourth-order valence-corrected chi connectivity index (χ4v) is 3.61. The fraction of sp³-hybridized carbons (Fsp3) is 0.360. The minimum absolute atomic E-state index is 0.237. The van der Waals surface area contributed by atoms with Crippen LogP contribution in [0.2, 0.25) is 0 Å². The number of nitrogens with zero attached hydrogens (tertiary/aromatic N) is 4. The SMILES string of the molecule is CN(C)c1cc(Nc2cccc(OCc3ccccc3)c2)nc(N(C)CC2CCCO2)n1. The first kappa shape index (κ1) is 21.9. The molecule has 0 aliphatic carbocycles. The summed E-state index contributed by atoms with van der Waals surface area (Å²) in [7, 11) is 5.97. The standard InChI is InChI=1S/C25H31N5O2/c1-29(2)24-16-23(27-25(28-24)30(3)17-22-13-8-14-31-22)26-20-11-7-12-21(15-20)32-18-19-9-5-4-6-10-19/h4-7,9-12,15-16,22H,8,13-14,17-18H2,1-3H3,(H,26,27,28). The summed E-state index contributed by atoms with van der Waals surface area (Å²) in [5, 5.41) is 3.41. The van der Waals surface area contributed by atoms with Crippen LogP contribution in [0.1, 0.15) is 18.4 Å². The van der Waals surface area contributed by atoms with E-state index in [1.165, 1.54) is 0 Å². The number of hydrogen-bond donors (Lipinski definition) is 1. The average Bonchev–Trinajstić information content (AvgIpc) is 3.31. The maximum Gasteiger partial charge on any atom is 0.229 e. The van der Waals surface area contributed by atoms with E-state index in [1.54, 1.807) is 0 Å². The number of likely N-dealkylation sites (N-methyl/N-ethyl adjacent to an activating group) is 1. The molecule has 0 bridgehead atoms. The van der Waals surface area contributed by atoms with Gasteiger partial charge >= 0.3 is 0 Å². The minimum Gasteiger partial charge on any atom is -0.489 e. The van der Waals surface area contributed by atoms with Crippen molar-refractivity contribution in [3.63, 3.8) is 0 Å². The zero-order valence-corrected chi connectivity index (χ0v) is 19.0. The third kappa shape index (κ3) is 5.88. The maximum absolute atomic E-state index is 5.97. The Morgan fingerprint density at radius 1 is 1.03 bits per heavy atom. The molecule has 2 aromatic carbocycles. The van der Waals surface area contributed by atoms with E-state index >= 15 is 0 Å². The highest BCUT2D eigenvalue weighted by molar-refractivity contribution is 5.63. The van der Waals surface area contributed by atoms with Gasteiger partial charge in [0, 0.05) is 52.1 Å². The van der Waals surface area contributed by atoms with Gasteiger partial charge in [0.2, 0.25) is 5.95 Å². The van der Waals surface area contributed by atoms with E-state index in [9.17, 15) is 0 Å². The van der Waals surface area contributed by atoms with Gasteiger partial charge in [0.25, 0.3) is 0 Å². The molecule has 1 atom stereocenters. The molecule has 1 unspecified atom stereocenters. The van der Waals surface area contributed by atoms with Gasteiger partial charge in [-0.2, -0.15) is 9.97 Å². The van der Waals surface area contributed by atoms with Crippen LogP contribution >= 0.6 is 0 Å². The monoisotopic (exact) mass is 433 g/mol. The van der Waals surface area contributed by atoms with Crippen molar-refractivity contribution in [2.45, 2.75) is 25.6 Å². The van der Waals surface area contributed by atoms with Crippen molar-refractivity contribution in [1.82, 2.24) is 9.97 Å². The van der Waals surface area contributed by atoms with Crippen LogP contribution in [-0.2, 0) is 11.3 Å². The highest BCUT2D eigenvalue weighted by Gasteiger charge is 2.19. The van der Waals surface area contributed by atoms with Crippen LogP contribution in [0, 0.1) is 0 Å². The van der Waals surface area contributed by atoms with Crippen molar-refractivity contribution >= 4 is 23.3 Å². The molecule has 168 valence electrons. The Bertz CT molecular complexity index is 1010. The lowest BCUT2D eigenvalue weighted by Crippen LogP contribution is -2.30. The number of benzene rings is 2. The number of rotatable bonds is 9. The van der Waals surface area contributed by atoms with Gasteiger partial charge in [-0.3, -0.25) is 0 Å². The van der Waals surface area contributed by atoms with Gasteiger partial charge in [0.1, 0.15) is 24.0 Å². The Morgan fingerprint density at radius 3 is 2.62 bits per heavy atom. The normalized spacial score (nSPS) is 15.4. The van der Waals surface area contributed by atoms with Crippen molar-refractivity contribution in [3.05, 3.63) is 66.2 Å². The molecule has 3 aromatic rings. The summed E-state index contributed by atoms with van der Waals surface area (Å²) < 4.78 is 11.7. The van der Waals surface area contributed by atoms with Crippen LogP contribution in [-0.4, -0.2) is 50.4 Å². The molecule has 1 aliphatic heterocycles. The summed E-state index contributed by atoms with van der Waals surface area (Å²) in [4.78, 5) is 13.5. The van der Waals surface area contributed by atoms with E-state index in [4.69, 9.17) is 19.4 Å². The molecule has 2 heterocycles. The van der Waals surface area contributed by atoms with Crippen LogP contribution < -0.4 is 19.9 Å². The van der Waals surface area contributed by atoms with Crippen molar-refractivity contribution in [2.24, 2.45) is 0 Å². The predicted molar refractivity (Wildman–Crippen MR) is 129 cm³/mol. The smallest absolute Gasteiger partial charge is 0.229 e. The summed E-state index contributed by atoms with van der Waals surface area (Å²) in [6.45, 7) is 2.15.